The van der Waals surface area contributed by atoms with Gasteiger partial charge in [0, 0.05) is 0 Å². The fourth-order valence-electron chi connectivity index (χ4n) is 2.44. The zero-order chi connectivity index (χ0) is 13.9. The van der Waals surface area contributed by atoms with Crippen molar-refractivity contribution in [3.8, 4) is 0 Å². The average Bonchev–Trinajstić information content (AvgIpc) is 3.14. The smallest absolute Gasteiger partial charge is 0.0729 e. The molecule has 0 fully saturated rings. The molecule has 104 valence electrons. The van der Waals surface area contributed by atoms with E-state index in [1.165, 1.54) is 12.0 Å². The van der Waals surface area contributed by atoms with Crippen molar-refractivity contribution < 1.29 is 4.74 Å². The van der Waals surface area contributed by atoms with Gasteiger partial charge in [0.2, 0.25) is 0 Å². The van der Waals surface area contributed by atoms with E-state index in [1.807, 2.05) is 0 Å². The number of hydrogen-bond donors (Lipinski definition) is 0. The third kappa shape index (κ3) is 4.63. The topological polar surface area (TPSA) is 9.23 Å². The predicted molar refractivity (Wildman–Crippen MR) is 85.2 cm³/mol. The van der Waals surface area contributed by atoms with Gasteiger partial charge >= 0.3 is 0 Å². The van der Waals surface area contributed by atoms with Gasteiger partial charge in [0.25, 0.3) is 0 Å². The molecule has 0 aromatic heterocycles. The summed E-state index contributed by atoms with van der Waals surface area (Å²) in [5, 5.41) is 1.74. The second-order valence-corrected chi connectivity index (χ2v) is 11.8. The summed E-state index contributed by atoms with van der Waals surface area (Å²) in [6.45, 7) is 10.3. The van der Waals surface area contributed by atoms with Crippen LogP contribution in [0, 0.1) is 0 Å². The summed E-state index contributed by atoms with van der Waals surface area (Å²) in [5.74, 6) is 0. The van der Waals surface area contributed by atoms with E-state index in [2.05, 4.69) is 56.9 Å². The lowest BCUT2D eigenvalue weighted by molar-refractivity contribution is 0.0791. The van der Waals surface area contributed by atoms with Gasteiger partial charge in [0.05, 0.1) is 20.8 Å². The largest absolute Gasteiger partial charge is 0.374 e. The lowest BCUT2D eigenvalue weighted by atomic mass is 10.1. The molecule has 0 spiro atoms. The van der Waals surface area contributed by atoms with Crippen LogP contribution in [0.3, 0.4) is 0 Å². The molecule has 1 aliphatic rings. The molecule has 1 aromatic rings. The maximum absolute atomic E-state index is 5.98. The first-order valence-corrected chi connectivity index (χ1v) is 10.8. The Bertz CT molecular complexity index is 442. The zero-order valence-corrected chi connectivity index (χ0v) is 13.7. The van der Waals surface area contributed by atoms with Crippen LogP contribution in [0.25, 0.3) is 0 Å². The van der Waals surface area contributed by atoms with E-state index >= 15 is 0 Å². The number of allylic oxidation sites excluding steroid dienone is 1. The lowest BCUT2D eigenvalue weighted by Crippen LogP contribution is -2.18. The molecule has 0 aliphatic heterocycles. The summed E-state index contributed by atoms with van der Waals surface area (Å²) in [4.78, 5) is 0. The Labute approximate surface area is 118 Å². The molecule has 1 aromatic carbocycles. The molecule has 0 heterocycles. The number of hydrogen-bond acceptors (Lipinski definition) is 1. The zero-order valence-electron chi connectivity index (χ0n) is 12.7. The molecule has 1 aliphatic carbocycles. The Kier molecular flexibility index (Phi) is 4.64. The molecule has 1 atom stereocenters. The van der Waals surface area contributed by atoms with Crippen molar-refractivity contribution in [3.05, 3.63) is 46.7 Å². The summed E-state index contributed by atoms with van der Waals surface area (Å²) in [7, 11) is -1.03. The number of ether oxygens (including phenoxy) is 1. The first kappa shape index (κ1) is 14.5. The van der Waals surface area contributed by atoms with Crippen molar-refractivity contribution in [2.24, 2.45) is 0 Å². The van der Waals surface area contributed by atoms with Crippen molar-refractivity contribution in [2.45, 2.75) is 51.9 Å². The Morgan fingerprint density at radius 3 is 2.42 bits per heavy atom. The van der Waals surface area contributed by atoms with Gasteiger partial charge in [0.1, 0.15) is 0 Å². The molecule has 1 nitrogen and oxygen atoms in total. The van der Waals surface area contributed by atoms with Crippen LogP contribution >= 0.6 is 0 Å². The fourth-order valence-corrected chi connectivity index (χ4v) is 4.32. The number of benzene rings is 1. The lowest BCUT2D eigenvalue weighted by Gasteiger charge is -2.12. The molecule has 0 bridgehead atoms. The molecule has 0 radical (unpaired) electrons. The van der Waals surface area contributed by atoms with Crippen LogP contribution in [-0.4, -0.2) is 20.8 Å². The highest BCUT2D eigenvalue weighted by molar-refractivity contribution is 6.84. The monoisotopic (exact) mass is 274 g/mol. The second kappa shape index (κ2) is 6.06. The number of aryl methyl sites for hydroxylation is 1. The molecule has 1 unspecified atom stereocenters. The molecule has 0 saturated carbocycles. The predicted octanol–water partition coefficient (Wildman–Crippen LogP) is 4.60. The van der Waals surface area contributed by atoms with E-state index in [9.17, 15) is 0 Å². The third-order valence-corrected chi connectivity index (χ3v) is 6.16. The Morgan fingerprint density at radius 1 is 1.16 bits per heavy atom. The van der Waals surface area contributed by atoms with Crippen LogP contribution in [0.1, 0.15) is 25.3 Å². The van der Waals surface area contributed by atoms with Gasteiger partial charge < -0.3 is 4.74 Å². The van der Waals surface area contributed by atoms with Gasteiger partial charge in [-0.2, -0.15) is 0 Å². The first-order valence-electron chi connectivity index (χ1n) is 7.33. The van der Waals surface area contributed by atoms with E-state index in [4.69, 9.17) is 4.74 Å². The molecule has 19 heavy (non-hydrogen) atoms. The molecule has 2 rings (SSSR count). The Hall–Kier alpha value is -0.863. The maximum atomic E-state index is 5.98. The van der Waals surface area contributed by atoms with Crippen LogP contribution in [-0.2, 0) is 11.2 Å². The molecule has 0 N–H and O–H groups in total. The van der Waals surface area contributed by atoms with Gasteiger partial charge in [-0.15, -0.1) is 0 Å². The number of rotatable bonds is 7. The minimum atomic E-state index is -1.03. The van der Waals surface area contributed by atoms with E-state index in [0.29, 0.717) is 6.10 Å². The minimum Gasteiger partial charge on any atom is -0.374 e. The van der Waals surface area contributed by atoms with Crippen molar-refractivity contribution in [1.29, 1.82) is 0 Å². The molecular weight excluding hydrogens is 248 g/mol. The summed E-state index contributed by atoms with van der Waals surface area (Å²) < 4.78 is 5.98. The van der Waals surface area contributed by atoms with Crippen LogP contribution in [0.2, 0.25) is 19.6 Å². The van der Waals surface area contributed by atoms with E-state index in [1.54, 1.807) is 10.8 Å². The highest BCUT2D eigenvalue weighted by Gasteiger charge is 2.32. The van der Waals surface area contributed by atoms with Crippen LogP contribution in [0.5, 0.6) is 0 Å². The van der Waals surface area contributed by atoms with Gasteiger partial charge in [-0.05, 0) is 37.3 Å². The van der Waals surface area contributed by atoms with Crippen molar-refractivity contribution >= 4 is 8.07 Å². The second-order valence-electron chi connectivity index (χ2n) is 6.65. The molecular formula is C17H26OSi. The average molecular weight is 274 g/mol. The van der Waals surface area contributed by atoms with Gasteiger partial charge in [-0.1, -0.05) is 55.2 Å². The minimum absolute atomic E-state index is 0.358. The van der Waals surface area contributed by atoms with E-state index < -0.39 is 8.07 Å². The van der Waals surface area contributed by atoms with Crippen LogP contribution in [0.15, 0.2) is 41.1 Å². The summed E-state index contributed by atoms with van der Waals surface area (Å²) >= 11 is 0. The first-order chi connectivity index (χ1) is 8.97. The highest BCUT2D eigenvalue weighted by atomic mass is 28.3. The summed E-state index contributed by atoms with van der Waals surface area (Å²) in [6, 6.07) is 10.7. The third-order valence-electron chi connectivity index (χ3n) is 3.82. The maximum Gasteiger partial charge on any atom is 0.0729 e. The fraction of sp³-hybridized carbons (Fsp3) is 0.529. The normalized spacial score (nSPS) is 16.6. The Morgan fingerprint density at radius 2 is 1.84 bits per heavy atom. The summed E-state index contributed by atoms with van der Waals surface area (Å²) in [5.41, 5.74) is 3.00. The van der Waals surface area contributed by atoms with Gasteiger partial charge in [-0.25, -0.2) is 0 Å². The van der Waals surface area contributed by atoms with Crippen molar-refractivity contribution in [3.63, 3.8) is 0 Å². The molecule has 2 heteroatoms. The standard InChI is InChI=1S/C17H26OSi/c1-14(10-11-15-8-6-5-7-9-15)18-13-16-12-17(16)19(2,3)4/h5-9,14H,10-13H2,1-4H3. The highest BCUT2D eigenvalue weighted by Crippen LogP contribution is 2.38. The molecule has 0 saturated heterocycles. The molecule has 0 amide bonds. The van der Waals surface area contributed by atoms with Crippen molar-refractivity contribution in [2.75, 3.05) is 6.61 Å². The van der Waals surface area contributed by atoms with Crippen molar-refractivity contribution in [1.82, 2.24) is 0 Å². The van der Waals surface area contributed by atoms with Crippen LogP contribution in [0.4, 0.5) is 0 Å². The summed E-state index contributed by atoms with van der Waals surface area (Å²) in [6.07, 6.45) is 3.83. The van der Waals surface area contributed by atoms with Crippen LogP contribution < -0.4 is 0 Å². The quantitative estimate of drug-likeness (QED) is 0.660. The van der Waals surface area contributed by atoms with Gasteiger partial charge in [-0.3, -0.25) is 0 Å². The Balaban J connectivity index is 1.69. The van der Waals surface area contributed by atoms with E-state index in [0.717, 1.165) is 19.4 Å². The SMILES string of the molecule is CC(CCc1ccccc1)OCC1=C([Si](C)(C)C)C1. The van der Waals surface area contributed by atoms with E-state index in [-0.39, 0.29) is 0 Å². The van der Waals surface area contributed by atoms with Gasteiger partial charge in [0.15, 0.2) is 0 Å².